The molecule has 0 atom stereocenters. The van der Waals surface area contributed by atoms with E-state index < -0.39 is 0 Å². The molecule has 0 N–H and O–H groups in total. The summed E-state index contributed by atoms with van der Waals surface area (Å²) >= 11 is 2.72. The summed E-state index contributed by atoms with van der Waals surface area (Å²) in [6.45, 7) is 0. The molecule has 0 fully saturated rings. The number of methoxy groups -OCH3 is 2. The molecule has 36 heavy (non-hydrogen) atoms. The van der Waals surface area contributed by atoms with Crippen LogP contribution in [0.25, 0.3) is 20.9 Å². The number of aromatic nitrogens is 2. The van der Waals surface area contributed by atoms with E-state index in [1.165, 1.54) is 35.1 Å². The number of carbonyl (C=O) groups is 2. The lowest BCUT2D eigenvalue weighted by molar-refractivity contribution is 0.0982. The van der Waals surface area contributed by atoms with Crippen LogP contribution >= 0.6 is 22.7 Å². The summed E-state index contributed by atoms with van der Waals surface area (Å²) in [5, 5.41) is 2.88. The number of terminal acetylenes is 2. The number of hydrogen-bond donors (Lipinski definition) is 0. The van der Waals surface area contributed by atoms with E-state index in [0.29, 0.717) is 26.4 Å². The Morgan fingerprint density at radius 1 is 0.750 bits per heavy atom. The maximum Gasteiger partial charge on any atom is 0.204 e. The molecule has 5 aromatic rings. The molecule has 0 saturated heterocycles. The van der Waals surface area contributed by atoms with Gasteiger partial charge in [-0.1, -0.05) is 11.8 Å². The van der Waals surface area contributed by atoms with Gasteiger partial charge in [0.2, 0.25) is 5.78 Å². The summed E-state index contributed by atoms with van der Waals surface area (Å²) < 4.78 is 12.1. The number of rotatable bonds is 2. The van der Waals surface area contributed by atoms with Crippen LogP contribution in [0, 0.1) is 24.7 Å². The van der Waals surface area contributed by atoms with Gasteiger partial charge >= 0.3 is 0 Å². The number of ketones is 2. The van der Waals surface area contributed by atoms with E-state index in [9.17, 15) is 9.59 Å². The van der Waals surface area contributed by atoms with E-state index in [1.807, 2.05) is 12.1 Å². The van der Waals surface area contributed by atoms with Crippen LogP contribution < -0.4 is 9.47 Å². The molecule has 8 heteroatoms. The van der Waals surface area contributed by atoms with Crippen molar-refractivity contribution in [1.82, 2.24) is 9.97 Å². The van der Waals surface area contributed by atoms with E-state index in [1.54, 1.807) is 38.7 Å². The molecule has 0 saturated carbocycles. The van der Waals surface area contributed by atoms with Crippen LogP contribution in [0.3, 0.4) is 0 Å². The van der Waals surface area contributed by atoms with Gasteiger partial charge in [0.1, 0.15) is 11.5 Å². The number of benzene rings is 1. The summed E-state index contributed by atoms with van der Waals surface area (Å²) in [5.74, 6) is 6.39. The Hall–Kier alpha value is -4.50. The summed E-state index contributed by atoms with van der Waals surface area (Å²) in [4.78, 5) is 34.2. The first kappa shape index (κ1) is 23.3. The Balaban J connectivity index is 0.000000149. The highest BCUT2D eigenvalue weighted by Crippen LogP contribution is 2.45. The normalized spacial score (nSPS) is 11.7. The Labute approximate surface area is 214 Å². The van der Waals surface area contributed by atoms with Gasteiger partial charge in [-0.3, -0.25) is 19.6 Å². The smallest absolute Gasteiger partial charge is 0.204 e. The third-order valence-electron chi connectivity index (χ3n) is 5.68. The number of ether oxygens (including phenoxy) is 2. The predicted molar refractivity (Wildman–Crippen MR) is 142 cm³/mol. The highest BCUT2D eigenvalue weighted by Gasteiger charge is 2.31. The third-order valence-corrected chi connectivity index (χ3v) is 7.81. The van der Waals surface area contributed by atoms with Gasteiger partial charge in [-0.25, -0.2) is 0 Å². The lowest BCUT2D eigenvalue weighted by Crippen LogP contribution is -2.18. The first-order valence-corrected chi connectivity index (χ1v) is 12.2. The van der Waals surface area contributed by atoms with E-state index in [0.717, 1.165) is 37.2 Å². The van der Waals surface area contributed by atoms with Crippen molar-refractivity contribution in [2.75, 3.05) is 14.2 Å². The molecule has 1 aliphatic rings. The van der Waals surface area contributed by atoms with Crippen LogP contribution in [-0.2, 0) is 0 Å². The molecule has 4 heterocycles. The molecule has 0 bridgehead atoms. The number of carbonyl (C=O) groups excluding carboxylic acids is 2. The highest BCUT2D eigenvalue weighted by molar-refractivity contribution is 7.20. The zero-order valence-electron chi connectivity index (χ0n) is 19.1. The molecular formula is C28H16N2O4S2. The van der Waals surface area contributed by atoms with Gasteiger partial charge in [-0.05, 0) is 24.3 Å². The molecule has 0 unspecified atom stereocenters. The standard InChI is InChI=1S/C15H11NO2S.C13H5NO2S/c1-4-9-7-11-13(17-2)12-8-16-6-5-10(12)14(18-3)15(11)19-9;1-2-7-5-9-11(15)10-6-14-4-3-8(10)12(16)13(9)17-7/h1,5-8H,2-3H3;1,3-6H. The highest BCUT2D eigenvalue weighted by atomic mass is 32.1. The monoisotopic (exact) mass is 508 g/mol. The molecule has 0 radical (unpaired) electrons. The number of hydrogen-bond acceptors (Lipinski definition) is 8. The Morgan fingerprint density at radius 2 is 1.44 bits per heavy atom. The molecule has 174 valence electrons. The van der Waals surface area contributed by atoms with Crippen molar-refractivity contribution in [3.05, 3.63) is 80.4 Å². The van der Waals surface area contributed by atoms with Crippen molar-refractivity contribution < 1.29 is 19.1 Å². The number of pyridine rings is 2. The first-order chi connectivity index (χ1) is 17.5. The fraction of sp³-hybridized carbons (Fsp3) is 0.0714. The van der Waals surface area contributed by atoms with Crippen LogP contribution in [0.15, 0.2) is 49.1 Å². The van der Waals surface area contributed by atoms with Gasteiger partial charge in [0, 0.05) is 52.1 Å². The summed E-state index contributed by atoms with van der Waals surface area (Å²) in [7, 11) is 3.32. The zero-order valence-corrected chi connectivity index (χ0v) is 20.8. The summed E-state index contributed by atoms with van der Waals surface area (Å²) in [5.41, 5.74) is 1.16. The molecule has 4 aromatic heterocycles. The lowest BCUT2D eigenvalue weighted by Gasteiger charge is -2.12. The maximum absolute atomic E-state index is 12.1. The van der Waals surface area contributed by atoms with Crippen LogP contribution in [-0.4, -0.2) is 35.8 Å². The minimum Gasteiger partial charge on any atom is -0.495 e. The van der Waals surface area contributed by atoms with Crippen molar-refractivity contribution in [2.45, 2.75) is 0 Å². The second-order valence-corrected chi connectivity index (χ2v) is 9.67. The second-order valence-electron chi connectivity index (χ2n) is 7.56. The Bertz CT molecular complexity index is 1670. The van der Waals surface area contributed by atoms with E-state index >= 15 is 0 Å². The minimum atomic E-state index is -0.180. The van der Waals surface area contributed by atoms with Crippen molar-refractivity contribution in [3.63, 3.8) is 0 Å². The van der Waals surface area contributed by atoms with Gasteiger partial charge in [0.25, 0.3) is 0 Å². The Kier molecular flexibility index (Phi) is 5.99. The van der Waals surface area contributed by atoms with Gasteiger partial charge < -0.3 is 9.47 Å². The van der Waals surface area contributed by atoms with Crippen LogP contribution in [0.5, 0.6) is 11.5 Å². The second kappa shape index (κ2) is 9.27. The number of thiophene rings is 2. The molecule has 0 amide bonds. The van der Waals surface area contributed by atoms with Gasteiger partial charge in [0.05, 0.1) is 39.1 Å². The van der Waals surface area contributed by atoms with Crippen molar-refractivity contribution in [2.24, 2.45) is 0 Å². The van der Waals surface area contributed by atoms with E-state index in [-0.39, 0.29) is 11.6 Å². The maximum atomic E-state index is 12.1. The number of nitrogens with zero attached hydrogens (tertiary/aromatic N) is 2. The van der Waals surface area contributed by atoms with Crippen molar-refractivity contribution >= 4 is 55.1 Å². The van der Waals surface area contributed by atoms with Crippen molar-refractivity contribution in [3.8, 4) is 36.2 Å². The van der Waals surface area contributed by atoms with E-state index in [4.69, 9.17) is 22.3 Å². The summed E-state index contributed by atoms with van der Waals surface area (Å²) in [6.07, 6.45) is 17.2. The average molecular weight is 509 g/mol. The molecule has 0 spiro atoms. The van der Waals surface area contributed by atoms with Crippen LogP contribution in [0.4, 0.5) is 0 Å². The molecule has 1 aliphatic carbocycles. The molecule has 1 aromatic carbocycles. The van der Waals surface area contributed by atoms with Gasteiger partial charge in [-0.2, -0.15) is 0 Å². The molecule has 6 nitrogen and oxygen atoms in total. The lowest BCUT2D eigenvalue weighted by atomic mass is 9.90. The van der Waals surface area contributed by atoms with Gasteiger partial charge in [0.15, 0.2) is 5.78 Å². The fourth-order valence-corrected chi connectivity index (χ4v) is 6.03. The van der Waals surface area contributed by atoms with Crippen molar-refractivity contribution in [1.29, 1.82) is 0 Å². The Morgan fingerprint density at radius 3 is 2.17 bits per heavy atom. The third kappa shape index (κ3) is 3.61. The SMILES string of the molecule is C#Cc1cc2c(OC)c3cnccc3c(OC)c2s1.C#Cc1cc2c(s1)C(=O)c1ccncc1C2=O. The van der Waals surface area contributed by atoms with Gasteiger partial charge in [-0.15, -0.1) is 35.5 Å². The molecular weight excluding hydrogens is 492 g/mol. The average Bonchev–Trinajstić information content (AvgIpc) is 3.55. The predicted octanol–water partition coefficient (Wildman–Crippen LogP) is 5.35. The molecule has 0 aliphatic heterocycles. The summed E-state index contributed by atoms with van der Waals surface area (Å²) in [6, 6.07) is 7.03. The first-order valence-electron chi connectivity index (χ1n) is 10.5. The zero-order chi connectivity index (χ0) is 25.4. The number of fused-ring (bicyclic) bond motifs is 4. The van der Waals surface area contributed by atoms with Crippen LogP contribution in [0.1, 0.15) is 40.9 Å². The van der Waals surface area contributed by atoms with Crippen LogP contribution in [0.2, 0.25) is 0 Å². The fourth-order valence-electron chi connectivity index (χ4n) is 4.10. The quantitative estimate of drug-likeness (QED) is 0.294. The minimum absolute atomic E-state index is 0.150. The topological polar surface area (TPSA) is 78.4 Å². The van der Waals surface area contributed by atoms with E-state index in [2.05, 4.69) is 21.8 Å². The largest absolute Gasteiger partial charge is 0.495 e. The molecule has 6 rings (SSSR count).